The van der Waals surface area contributed by atoms with E-state index in [0.29, 0.717) is 12.6 Å². The van der Waals surface area contributed by atoms with Crippen molar-refractivity contribution in [2.24, 2.45) is 0 Å². The van der Waals surface area contributed by atoms with Gasteiger partial charge in [-0.05, 0) is 45.1 Å². The molecule has 0 aromatic heterocycles. The molecule has 164 valence electrons. The van der Waals surface area contributed by atoms with Crippen molar-refractivity contribution in [1.82, 2.24) is 15.1 Å². The maximum absolute atomic E-state index is 13.0. The van der Waals surface area contributed by atoms with Crippen LogP contribution >= 0.6 is 0 Å². The molecule has 2 aromatic rings. The SMILES string of the molecule is CN1CCCC(NC2=CCN(C)C(c3[c-]cc(C(F)(F)F)cc3)c3ccccc32)C1.[U]. The Kier molecular flexibility index (Phi) is 7.96. The van der Waals surface area contributed by atoms with Crippen LogP contribution in [-0.4, -0.2) is 49.6 Å². The second kappa shape index (κ2) is 10.1. The fourth-order valence-electron chi connectivity index (χ4n) is 4.50. The zero-order chi connectivity index (χ0) is 21.3. The molecule has 0 bridgehead atoms. The Bertz CT molecular complexity index is 911. The number of halogens is 3. The number of benzene rings is 2. The first kappa shape index (κ1) is 24.4. The Morgan fingerprint density at radius 1 is 1.10 bits per heavy atom. The van der Waals surface area contributed by atoms with Gasteiger partial charge in [-0.25, -0.2) is 0 Å². The quantitative estimate of drug-likeness (QED) is 0.491. The van der Waals surface area contributed by atoms with E-state index in [1.165, 1.54) is 6.42 Å². The van der Waals surface area contributed by atoms with E-state index in [0.717, 1.165) is 54.0 Å². The monoisotopic (exact) mass is 652 g/mol. The van der Waals surface area contributed by atoms with Crippen LogP contribution in [0.5, 0.6) is 0 Å². The number of nitrogens with one attached hydrogen (secondary N) is 1. The minimum Gasteiger partial charge on any atom is -0.381 e. The third-order valence-corrected chi connectivity index (χ3v) is 6.01. The van der Waals surface area contributed by atoms with E-state index in [4.69, 9.17) is 0 Å². The van der Waals surface area contributed by atoms with Gasteiger partial charge >= 0.3 is 6.18 Å². The molecule has 2 unspecified atom stereocenters. The summed E-state index contributed by atoms with van der Waals surface area (Å²) < 4.78 is 39.0. The van der Waals surface area contributed by atoms with Crippen LogP contribution in [0.25, 0.3) is 5.70 Å². The van der Waals surface area contributed by atoms with E-state index in [9.17, 15) is 13.2 Å². The second-order valence-electron chi connectivity index (χ2n) is 8.32. The number of hydrogen-bond acceptors (Lipinski definition) is 3. The smallest absolute Gasteiger partial charge is 0.370 e. The van der Waals surface area contributed by atoms with Gasteiger partial charge in [0, 0.05) is 67.5 Å². The number of fused-ring (bicyclic) bond motifs is 1. The molecule has 1 fully saturated rings. The summed E-state index contributed by atoms with van der Waals surface area (Å²) in [6, 6.07) is 15.1. The van der Waals surface area contributed by atoms with Gasteiger partial charge in [0.05, 0.1) is 0 Å². The zero-order valence-electron chi connectivity index (χ0n) is 17.8. The van der Waals surface area contributed by atoms with Crippen molar-refractivity contribution in [3.63, 3.8) is 0 Å². The Morgan fingerprint density at radius 2 is 1.87 bits per heavy atom. The van der Waals surface area contributed by atoms with Gasteiger partial charge in [-0.2, -0.15) is 37.4 Å². The molecular weight excluding hydrogens is 625 g/mol. The number of rotatable bonds is 3. The molecule has 0 amide bonds. The Labute approximate surface area is 206 Å². The van der Waals surface area contributed by atoms with Crippen LogP contribution < -0.4 is 5.32 Å². The number of alkyl halides is 3. The first-order valence-corrected chi connectivity index (χ1v) is 10.4. The topological polar surface area (TPSA) is 18.5 Å². The van der Waals surface area contributed by atoms with Crippen LogP contribution in [0.2, 0.25) is 0 Å². The molecule has 2 heterocycles. The minimum absolute atomic E-state index is 0. The standard InChI is InChI=1S/C24H27F3N3.U/c1-29-14-5-6-19(16-29)28-22-13-15-30(2)23(21-8-4-3-7-20(21)22)17-9-11-18(12-10-17)24(25,26)27;/h3-4,7-9,11-13,19,23,28H,5-6,14-16H2,1-2H3;/q-1;. The van der Waals surface area contributed by atoms with Crippen molar-refractivity contribution in [2.75, 3.05) is 33.7 Å². The minimum atomic E-state index is -4.35. The van der Waals surface area contributed by atoms with Crippen molar-refractivity contribution in [2.45, 2.75) is 31.1 Å². The predicted molar refractivity (Wildman–Crippen MR) is 113 cm³/mol. The predicted octanol–water partition coefficient (Wildman–Crippen LogP) is 4.57. The van der Waals surface area contributed by atoms with Crippen LogP contribution in [0.15, 0.2) is 48.5 Å². The summed E-state index contributed by atoms with van der Waals surface area (Å²) in [6.07, 6.45) is 0.146. The Hall–Kier alpha value is -1.26. The Balaban J connectivity index is 0.00000272. The fourth-order valence-corrected chi connectivity index (χ4v) is 4.50. The van der Waals surface area contributed by atoms with Gasteiger partial charge < -0.3 is 10.2 Å². The summed E-state index contributed by atoms with van der Waals surface area (Å²) in [4.78, 5) is 4.50. The molecule has 0 aliphatic carbocycles. The molecule has 2 aliphatic heterocycles. The third-order valence-electron chi connectivity index (χ3n) is 6.01. The summed E-state index contributed by atoms with van der Waals surface area (Å²) in [6.45, 7) is 2.83. The first-order valence-electron chi connectivity index (χ1n) is 10.4. The average Bonchev–Trinajstić information content (AvgIpc) is 2.84. The molecule has 0 spiro atoms. The van der Waals surface area contributed by atoms with Crippen molar-refractivity contribution in [3.05, 3.63) is 76.9 Å². The third kappa shape index (κ3) is 5.57. The van der Waals surface area contributed by atoms with Gasteiger partial charge in [0.15, 0.2) is 0 Å². The number of likely N-dealkylation sites (N-methyl/N-ethyl adjacent to an activating group) is 2. The average molecular weight is 653 g/mol. The molecule has 2 aliphatic rings. The summed E-state index contributed by atoms with van der Waals surface area (Å²) >= 11 is 0. The molecule has 31 heavy (non-hydrogen) atoms. The molecule has 1 saturated heterocycles. The number of hydrogen-bond donors (Lipinski definition) is 1. The molecule has 4 rings (SSSR count). The molecule has 0 saturated carbocycles. The maximum atomic E-state index is 13.0. The summed E-state index contributed by atoms with van der Waals surface area (Å²) in [5.74, 6) is 0. The number of nitrogens with zero attached hydrogens (tertiary/aromatic N) is 2. The van der Waals surface area contributed by atoms with E-state index in [-0.39, 0.29) is 37.2 Å². The largest absolute Gasteiger partial charge is 0.381 e. The van der Waals surface area contributed by atoms with Gasteiger partial charge in [0.2, 0.25) is 0 Å². The van der Waals surface area contributed by atoms with Crippen molar-refractivity contribution < 1.29 is 44.3 Å². The summed E-state index contributed by atoms with van der Waals surface area (Å²) in [7, 11) is 4.15. The molecule has 0 radical (unpaired) electrons. The van der Waals surface area contributed by atoms with Crippen molar-refractivity contribution >= 4 is 5.70 Å². The molecule has 7 heteroatoms. The van der Waals surface area contributed by atoms with E-state index < -0.39 is 11.7 Å². The van der Waals surface area contributed by atoms with Gasteiger partial charge in [0.1, 0.15) is 0 Å². The van der Waals surface area contributed by atoms with Crippen LogP contribution in [0.1, 0.15) is 41.1 Å². The number of piperidine rings is 1. The van der Waals surface area contributed by atoms with Gasteiger partial charge in [-0.15, -0.1) is 5.56 Å². The van der Waals surface area contributed by atoms with Gasteiger partial charge in [0.25, 0.3) is 0 Å². The van der Waals surface area contributed by atoms with E-state index >= 15 is 0 Å². The van der Waals surface area contributed by atoms with Crippen molar-refractivity contribution in [3.8, 4) is 0 Å². The van der Waals surface area contributed by atoms with E-state index in [1.807, 2.05) is 19.2 Å². The zero-order valence-corrected chi connectivity index (χ0v) is 22.0. The summed E-state index contributed by atoms with van der Waals surface area (Å²) in [5.41, 5.74) is 3.36. The molecule has 2 atom stereocenters. The van der Waals surface area contributed by atoms with Crippen LogP contribution in [0.3, 0.4) is 0 Å². The van der Waals surface area contributed by atoms with E-state index in [2.05, 4.69) is 46.4 Å². The van der Waals surface area contributed by atoms with Crippen LogP contribution in [-0.2, 0) is 6.18 Å². The van der Waals surface area contributed by atoms with Crippen molar-refractivity contribution in [1.29, 1.82) is 0 Å². The molecule has 2 aromatic carbocycles. The maximum Gasteiger partial charge on any atom is 0.370 e. The second-order valence-corrected chi connectivity index (χ2v) is 8.32. The van der Waals surface area contributed by atoms with Crippen LogP contribution in [0, 0.1) is 37.2 Å². The molecular formula is C24H27F3N3U-. The van der Waals surface area contributed by atoms with Gasteiger partial charge in [-0.1, -0.05) is 29.8 Å². The Morgan fingerprint density at radius 3 is 2.55 bits per heavy atom. The summed E-state index contributed by atoms with van der Waals surface area (Å²) in [5, 5.41) is 3.74. The number of likely N-dealkylation sites (tertiary alicyclic amines) is 1. The van der Waals surface area contributed by atoms with Gasteiger partial charge in [-0.3, -0.25) is 4.90 Å². The molecule has 3 nitrogen and oxygen atoms in total. The molecule has 1 N–H and O–H groups in total. The first-order chi connectivity index (χ1) is 14.3. The normalized spacial score (nSPS) is 22.7. The fraction of sp³-hybridized carbons (Fsp3) is 0.417. The van der Waals surface area contributed by atoms with E-state index in [1.54, 1.807) is 6.07 Å². The van der Waals surface area contributed by atoms with Crippen LogP contribution in [0.4, 0.5) is 13.2 Å².